The number of primary amides is 1. The molecule has 0 radical (unpaired) electrons. The standard InChI is InChI=1S/C22H19F6N5O3/c1-9(22(26,27)28)33-19(29)17(20(30)34)18(32-33)12-7-14(24)10(5-15(12)25)8-31-21(35)13-6-11(23)3-4-16(13)36-2/h3-7,9H,8,29H2,1-2H3,(H2,30,34)(H,31,35). The molecule has 0 fully saturated rings. The van der Waals surface area contributed by atoms with Crippen molar-refractivity contribution in [3.05, 3.63) is 64.5 Å². The molecule has 3 aromatic rings. The largest absolute Gasteiger partial charge is 0.496 e. The van der Waals surface area contributed by atoms with Crippen LogP contribution in [0.2, 0.25) is 0 Å². The van der Waals surface area contributed by atoms with Gasteiger partial charge in [0, 0.05) is 17.7 Å². The number of nitrogens with zero attached hydrogens (tertiary/aromatic N) is 2. The predicted octanol–water partition coefficient (Wildman–Crippen LogP) is 3.71. The predicted molar refractivity (Wildman–Crippen MR) is 115 cm³/mol. The van der Waals surface area contributed by atoms with Gasteiger partial charge in [-0.1, -0.05) is 0 Å². The van der Waals surface area contributed by atoms with Gasteiger partial charge in [0.2, 0.25) is 0 Å². The van der Waals surface area contributed by atoms with Crippen molar-refractivity contribution >= 4 is 17.6 Å². The molecule has 0 spiro atoms. The van der Waals surface area contributed by atoms with Crippen LogP contribution in [0.4, 0.5) is 32.2 Å². The highest BCUT2D eigenvalue weighted by molar-refractivity contribution is 6.03. The van der Waals surface area contributed by atoms with Crippen molar-refractivity contribution < 1.29 is 40.7 Å². The molecule has 0 saturated carbocycles. The molecule has 1 heterocycles. The van der Waals surface area contributed by atoms with E-state index < -0.39 is 70.7 Å². The first kappa shape index (κ1) is 26.4. The Hall–Kier alpha value is -4.23. The molecule has 2 aromatic carbocycles. The number of methoxy groups -OCH3 is 1. The van der Waals surface area contributed by atoms with E-state index in [2.05, 4.69) is 10.4 Å². The summed E-state index contributed by atoms with van der Waals surface area (Å²) < 4.78 is 88.0. The summed E-state index contributed by atoms with van der Waals surface area (Å²) in [6.45, 7) is 0.153. The molecule has 8 nitrogen and oxygen atoms in total. The minimum atomic E-state index is -4.82. The van der Waals surface area contributed by atoms with Crippen molar-refractivity contribution in [2.75, 3.05) is 12.8 Å². The molecule has 14 heteroatoms. The van der Waals surface area contributed by atoms with Gasteiger partial charge >= 0.3 is 6.18 Å². The highest BCUT2D eigenvalue weighted by Crippen LogP contribution is 2.36. The number of carbonyl (C=O) groups is 2. The number of carbonyl (C=O) groups excluding carboxylic acids is 2. The van der Waals surface area contributed by atoms with Crippen LogP contribution >= 0.6 is 0 Å². The van der Waals surface area contributed by atoms with Crippen molar-refractivity contribution in [3.63, 3.8) is 0 Å². The van der Waals surface area contributed by atoms with E-state index in [1.165, 1.54) is 13.2 Å². The number of benzene rings is 2. The van der Waals surface area contributed by atoms with Crippen LogP contribution in [-0.4, -0.2) is 34.9 Å². The van der Waals surface area contributed by atoms with Crippen LogP contribution in [0, 0.1) is 17.5 Å². The number of anilines is 1. The minimum Gasteiger partial charge on any atom is -0.496 e. The summed E-state index contributed by atoms with van der Waals surface area (Å²) >= 11 is 0. The summed E-state index contributed by atoms with van der Waals surface area (Å²) in [6, 6.07) is 2.10. The number of nitrogen functional groups attached to an aromatic ring is 1. The lowest BCUT2D eigenvalue weighted by atomic mass is 10.0. The Balaban J connectivity index is 1.96. The number of ether oxygens (including phenoxy) is 1. The fourth-order valence-corrected chi connectivity index (χ4v) is 3.35. The van der Waals surface area contributed by atoms with Crippen molar-refractivity contribution in [2.24, 2.45) is 5.73 Å². The Labute approximate surface area is 199 Å². The normalized spacial score (nSPS) is 12.3. The van der Waals surface area contributed by atoms with Gasteiger partial charge in [-0.2, -0.15) is 18.3 Å². The molecule has 3 rings (SSSR count). The van der Waals surface area contributed by atoms with Crippen LogP contribution in [0.3, 0.4) is 0 Å². The topological polar surface area (TPSA) is 125 Å². The quantitative estimate of drug-likeness (QED) is 0.414. The van der Waals surface area contributed by atoms with Crippen LogP contribution < -0.4 is 21.5 Å². The maximum absolute atomic E-state index is 14.9. The van der Waals surface area contributed by atoms with Crippen molar-refractivity contribution in [1.29, 1.82) is 0 Å². The number of amides is 2. The Morgan fingerprint density at radius 1 is 1.14 bits per heavy atom. The zero-order chi connectivity index (χ0) is 26.9. The highest BCUT2D eigenvalue weighted by Gasteiger charge is 2.40. The Kier molecular flexibility index (Phi) is 7.17. The molecule has 1 atom stereocenters. The fourth-order valence-electron chi connectivity index (χ4n) is 3.35. The smallest absolute Gasteiger partial charge is 0.410 e. The maximum atomic E-state index is 14.9. The number of hydrogen-bond donors (Lipinski definition) is 3. The number of hydrogen-bond acceptors (Lipinski definition) is 5. The van der Waals surface area contributed by atoms with E-state index in [4.69, 9.17) is 16.2 Å². The first-order valence-corrected chi connectivity index (χ1v) is 10.1. The van der Waals surface area contributed by atoms with Gasteiger partial charge in [0.1, 0.15) is 46.3 Å². The molecule has 0 aliphatic heterocycles. The lowest BCUT2D eigenvalue weighted by Gasteiger charge is -2.17. The number of aromatic nitrogens is 2. The Bertz CT molecular complexity index is 1340. The zero-order valence-corrected chi connectivity index (χ0v) is 18.7. The summed E-state index contributed by atoms with van der Waals surface area (Å²) in [6.07, 6.45) is -4.82. The molecule has 192 valence electrons. The van der Waals surface area contributed by atoms with E-state index in [1.54, 1.807) is 0 Å². The maximum Gasteiger partial charge on any atom is 0.410 e. The van der Waals surface area contributed by atoms with Crippen LogP contribution in [0.25, 0.3) is 11.3 Å². The number of nitrogens with one attached hydrogen (secondary N) is 1. The molecule has 0 aliphatic rings. The van der Waals surface area contributed by atoms with Gasteiger partial charge in [0.05, 0.1) is 12.7 Å². The fraction of sp³-hybridized carbons (Fsp3) is 0.227. The first-order valence-electron chi connectivity index (χ1n) is 10.1. The third-order valence-corrected chi connectivity index (χ3v) is 5.27. The van der Waals surface area contributed by atoms with Crippen molar-refractivity contribution in [3.8, 4) is 17.0 Å². The number of rotatable bonds is 7. The third kappa shape index (κ3) is 5.06. The van der Waals surface area contributed by atoms with E-state index in [9.17, 15) is 35.9 Å². The molecule has 36 heavy (non-hydrogen) atoms. The SMILES string of the molecule is COc1ccc(F)cc1C(=O)NCc1cc(F)c(-c2nn(C(C)C(F)(F)F)c(N)c2C(N)=O)cc1F. The second-order valence-electron chi connectivity index (χ2n) is 7.59. The van der Waals surface area contributed by atoms with E-state index in [-0.39, 0.29) is 21.6 Å². The number of nitrogens with two attached hydrogens (primary N) is 2. The average molecular weight is 515 g/mol. The van der Waals surface area contributed by atoms with Crippen molar-refractivity contribution in [2.45, 2.75) is 25.7 Å². The highest BCUT2D eigenvalue weighted by atomic mass is 19.4. The van der Waals surface area contributed by atoms with Gasteiger partial charge in [0.15, 0.2) is 0 Å². The van der Waals surface area contributed by atoms with Gasteiger partial charge in [-0.3, -0.25) is 9.59 Å². The van der Waals surface area contributed by atoms with Gasteiger partial charge < -0.3 is 21.5 Å². The minimum absolute atomic E-state index is 0.0381. The zero-order valence-electron chi connectivity index (χ0n) is 18.7. The van der Waals surface area contributed by atoms with E-state index in [0.29, 0.717) is 19.1 Å². The van der Waals surface area contributed by atoms with Crippen LogP contribution in [0.15, 0.2) is 30.3 Å². The molecule has 1 unspecified atom stereocenters. The third-order valence-electron chi connectivity index (χ3n) is 5.27. The number of halogens is 6. The Morgan fingerprint density at radius 3 is 2.39 bits per heavy atom. The summed E-state index contributed by atoms with van der Waals surface area (Å²) in [4.78, 5) is 24.3. The second-order valence-corrected chi connectivity index (χ2v) is 7.59. The van der Waals surface area contributed by atoms with Crippen molar-refractivity contribution in [1.82, 2.24) is 15.1 Å². The number of alkyl halides is 3. The van der Waals surface area contributed by atoms with Gasteiger partial charge in [-0.05, 0) is 37.3 Å². The Morgan fingerprint density at radius 2 is 1.81 bits per heavy atom. The summed E-state index contributed by atoms with van der Waals surface area (Å²) in [5.41, 5.74) is 8.20. The molecule has 1 aromatic heterocycles. The molecular formula is C22H19F6N5O3. The van der Waals surface area contributed by atoms with Crippen LogP contribution in [0.1, 0.15) is 39.2 Å². The van der Waals surface area contributed by atoms with E-state index in [1.807, 2.05) is 0 Å². The van der Waals surface area contributed by atoms with Gasteiger partial charge in [-0.25, -0.2) is 17.9 Å². The lowest BCUT2D eigenvalue weighted by Crippen LogP contribution is -2.26. The van der Waals surface area contributed by atoms with Gasteiger partial charge in [-0.15, -0.1) is 0 Å². The van der Waals surface area contributed by atoms with Crippen LogP contribution in [0.5, 0.6) is 5.75 Å². The average Bonchev–Trinajstić information content (AvgIpc) is 3.14. The summed E-state index contributed by atoms with van der Waals surface area (Å²) in [7, 11) is 1.25. The van der Waals surface area contributed by atoms with Crippen LogP contribution in [-0.2, 0) is 6.54 Å². The molecule has 2 amide bonds. The summed E-state index contributed by atoms with van der Waals surface area (Å²) in [5, 5.41) is 5.87. The molecule has 0 bridgehead atoms. The van der Waals surface area contributed by atoms with Gasteiger partial charge in [0.25, 0.3) is 11.8 Å². The van der Waals surface area contributed by atoms with E-state index in [0.717, 1.165) is 12.1 Å². The molecular weight excluding hydrogens is 496 g/mol. The lowest BCUT2D eigenvalue weighted by molar-refractivity contribution is -0.164. The molecule has 0 saturated heterocycles. The summed E-state index contributed by atoms with van der Waals surface area (Å²) in [5.74, 6) is -5.90. The molecule has 5 N–H and O–H groups in total. The monoisotopic (exact) mass is 515 g/mol. The van der Waals surface area contributed by atoms with E-state index >= 15 is 0 Å². The first-order chi connectivity index (χ1) is 16.8. The second kappa shape index (κ2) is 9.79. The molecule has 0 aliphatic carbocycles.